The largest absolute Gasteiger partial charge is 0.322 e. The van der Waals surface area contributed by atoms with E-state index >= 15 is 0 Å². The highest BCUT2D eigenvalue weighted by atomic mass is 32.2. The fraction of sp³-hybridized carbons (Fsp3) is 0.250. The minimum absolute atomic E-state index is 0.0951. The van der Waals surface area contributed by atoms with E-state index in [1.165, 1.54) is 0 Å². The Balaban J connectivity index is 2.14. The Kier molecular flexibility index (Phi) is 5.27. The molecular weight excluding hydrogens is 298 g/mol. The number of amides is 2. The van der Waals surface area contributed by atoms with Gasteiger partial charge in [0.15, 0.2) is 0 Å². The highest BCUT2D eigenvalue weighted by Gasteiger charge is 2.18. The number of carbonyl (C=O) groups excluding carboxylic acids is 1. The summed E-state index contributed by atoms with van der Waals surface area (Å²) in [6, 6.07) is 10.5. The van der Waals surface area contributed by atoms with Crippen LogP contribution in [0, 0.1) is 0 Å². The monoisotopic (exact) mass is 317 g/mol. The summed E-state index contributed by atoms with van der Waals surface area (Å²) in [6.45, 7) is 1.94. The second-order valence-electron chi connectivity index (χ2n) is 4.95. The van der Waals surface area contributed by atoms with Crippen molar-refractivity contribution in [2.24, 2.45) is 0 Å². The molecule has 0 aliphatic heterocycles. The van der Waals surface area contributed by atoms with Crippen LogP contribution < -0.4 is 5.32 Å². The maximum atomic E-state index is 12.4. The zero-order valence-corrected chi connectivity index (χ0v) is 13.6. The van der Waals surface area contributed by atoms with Crippen LogP contribution in [0.15, 0.2) is 53.7 Å². The number of anilines is 1. The summed E-state index contributed by atoms with van der Waals surface area (Å²) >= 11 is 0. The van der Waals surface area contributed by atoms with Crippen LogP contribution in [0.4, 0.5) is 10.5 Å². The second-order valence-corrected chi connectivity index (χ2v) is 6.30. The van der Waals surface area contributed by atoms with Crippen LogP contribution in [0.1, 0.15) is 18.5 Å². The fourth-order valence-corrected chi connectivity index (χ4v) is 2.76. The van der Waals surface area contributed by atoms with Gasteiger partial charge in [-0.05, 0) is 36.8 Å². The van der Waals surface area contributed by atoms with E-state index in [2.05, 4.69) is 10.3 Å². The predicted octanol–water partition coefficient (Wildman–Crippen LogP) is 3.04. The van der Waals surface area contributed by atoms with Gasteiger partial charge in [0.1, 0.15) is 0 Å². The van der Waals surface area contributed by atoms with E-state index in [4.69, 9.17) is 0 Å². The molecule has 0 saturated carbocycles. The van der Waals surface area contributed by atoms with E-state index < -0.39 is 10.8 Å². The lowest BCUT2D eigenvalue weighted by Gasteiger charge is -2.25. The van der Waals surface area contributed by atoms with Crippen LogP contribution in [-0.2, 0) is 10.8 Å². The lowest BCUT2D eigenvalue weighted by Crippen LogP contribution is -2.33. The van der Waals surface area contributed by atoms with Crippen molar-refractivity contribution < 1.29 is 9.00 Å². The number of urea groups is 1. The van der Waals surface area contributed by atoms with Crippen LogP contribution in [0.5, 0.6) is 0 Å². The molecule has 2 rings (SSSR count). The number of carbonyl (C=O) groups is 1. The number of aromatic nitrogens is 1. The highest BCUT2D eigenvalue weighted by molar-refractivity contribution is 7.84. The van der Waals surface area contributed by atoms with Crippen molar-refractivity contribution in [1.82, 2.24) is 9.88 Å². The van der Waals surface area contributed by atoms with Gasteiger partial charge in [0.2, 0.25) is 0 Å². The first-order valence-electron chi connectivity index (χ1n) is 6.87. The number of para-hydroxylation sites is 1. The molecule has 0 radical (unpaired) electrons. The summed E-state index contributed by atoms with van der Waals surface area (Å²) in [5, 5.41) is 2.82. The van der Waals surface area contributed by atoms with Gasteiger partial charge in [0, 0.05) is 25.7 Å². The summed E-state index contributed by atoms with van der Waals surface area (Å²) in [4.78, 5) is 18.6. The smallest absolute Gasteiger partial charge is 0.321 e. The topological polar surface area (TPSA) is 62.3 Å². The van der Waals surface area contributed by atoms with Gasteiger partial charge in [0.25, 0.3) is 0 Å². The van der Waals surface area contributed by atoms with Gasteiger partial charge >= 0.3 is 6.03 Å². The third kappa shape index (κ3) is 3.71. The van der Waals surface area contributed by atoms with Crippen molar-refractivity contribution >= 4 is 22.5 Å². The first-order valence-corrected chi connectivity index (χ1v) is 8.42. The van der Waals surface area contributed by atoms with Gasteiger partial charge in [-0.3, -0.25) is 9.19 Å². The fourth-order valence-electron chi connectivity index (χ4n) is 2.07. The van der Waals surface area contributed by atoms with Gasteiger partial charge in [-0.1, -0.05) is 12.1 Å². The predicted molar refractivity (Wildman–Crippen MR) is 88.2 cm³/mol. The molecule has 1 heterocycles. The molecule has 1 N–H and O–H groups in total. The molecule has 0 bridgehead atoms. The summed E-state index contributed by atoms with van der Waals surface area (Å²) < 4.78 is 11.7. The first-order chi connectivity index (χ1) is 10.5. The normalized spacial score (nSPS) is 13.2. The number of pyridine rings is 1. The Morgan fingerprint density at radius 3 is 2.50 bits per heavy atom. The Labute approximate surface area is 132 Å². The van der Waals surface area contributed by atoms with E-state index in [1.807, 2.05) is 19.1 Å². The van der Waals surface area contributed by atoms with Gasteiger partial charge in [-0.15, -0.1) is 0 Å². The zero-order valence-electron chi connectivity index (χ0n) is 12.8. The average molecular weight is 317 g/mol. The molecule has 5 nitrogen and oxygen atoms in total. The number of nitrogens with zero attached hydrogens (tertiary/aromatic N) is 2. The molecule has 116 valence electrons. The van der Waals surface area contributed by atoms with Gasteiger partial charge < -0.3 is 10.2 Å². The molecule has 0 saturated heterocycles. The summed E-state index contributed by atoms with van der Waals surface area (Å²) in [6.07, 6.45) is 4.99. The Hall–Kier alpha value is -2.21. The Bertz CT molecular complexity index is 676. The van der Waals surface area contributed by atoms with Crippen molar-refractivity contribution in [3.05, 3.63) is 54.4 Å². The van der Waals surface area contributed by atoms with Gasteiger partial charge in [0.05, 0.1) is 27.4 Å². The average Bonchev–Trinajstić information content (AvgIpc) is 2.54. The van der Waals surface area contributed by atoms with E-state index in [1.54, 1.807) is 54.9 Å². The molecule has 0 aliphatic carbocycles. The number of hydrogen-bond acceptors (Lipinski definition) is 3. The maximum absolute atomic E-state index is 12.4. The molecule has 2 aromatic rings. The quantitative estimate of drug-likeness (QED) is 0.943. The highest BCUT2D eigenvalue weighted by Crippen LogP contribution is 2.22. The van der Waals surface area contributed by atoms with Crippen molar-refractivity contribution in [2.45, 2.75) is 17.9 Å². The Morgan fingerprint density at radius 2 is 1.86 bits per heavy atom. The van der Waals surface area contributed by atoms with E-state index in [0.717, 1.165) is 5.56 Å². The van der Waals surface area contributed by atoms with Crippen LogP contribution >= 0.6 is 0 Å². The third-order valence-electron chi connectivity index (χ3n) is 3.53. The van der Waals surface area contributed by atoms with Crippen LogP contribution in [0.2, 0.25) is 0 Å². The molecule has 0 fully saturated rings. The van der Waals surface area contributed by atoms with Crippen LogP contribution in [0.25, 0.3) is 0 Å². The summed E-state index contributed by atoms with van der Waals surface area (Å²) in [7, 11) is 0.570. The molecule has 2 amide bonds. The minimum atomic E-state index is -1.16. The van der Waals surface area contributed by atoms with Crippen molar-refractivity contribution in [1.29, 1.82) is 0 Å². The second kappa shape index (κ2) is 7.17. The van der Waals surface area contributed by atoms with E-state index in [-0.39, 0.29) is 12.1 Å². The molecule has 6 heteroatoms. The standard InChI is InChI=1S/C16H19N3O2S/c1-12(13-8-10-17-11-9-13)19(2)16(20)18-14-6-4-5-7-15(14)22(3)21/h4-12H,1-3H3,(H,18,20)/t12-,22+/m0/s1. The molecule has 0 unspecified atom stereocenters. The molecule has 0 aliphatic rings. The number of rotatable bonds is 4. The number of hydrogen-bond donors (Lipinski definition) is 1. The van der Waals surface area contributed by atoms with Gasteiger partial charge in [-0.25, -0.2) is 4.79 Å². The Morgan fingerprint density at radius 1 is 1.23 bits per heavy atom. The summed E-state index contributed by atoms with van der Waals surface area (Å²) in [5.74, 6) is 0. The number of nitrogens with one attached hydrogen (secondary N) is 1. The van der Waals surface area contributed by atoms with Gasteiger partial charge in [-0.2, -0.15) is 0 Å². The van der Waals surface area contributed by atoms with Crippen molar-refractivity contribution in [2.75, 3.05) is 18.6 Å². The first kappa shape index (κ1) is 16.2. The summed E-state index contributed by atoms with van der Waals surface area (Å²) in [5.41, 5.74) is 1.57. The van der Waals surface area contributed by atoms with Crippen molar-refractivity contribution in [3.63, 3.8) is 0 Å². The van der Waals surface area contributed by atoms with E-state index in [0.29, 0.717) is 10.6 Å². The lowest BCUT2D eigenvalue weighted by atomic mass is 10.1. The SMILES string of the molecule is C[C@@H](c1ccncc1)N(C)C(=O)Nc1ccccc1[S@@](C)=O. The zero-order chi connectivity index (χ0) is 16.1. The number of benzene rings is 1. The lowest BCUT2D eigenvalue weighted by molar-refractivity contribution is 0.208. The van der Waals surface area contributed by atoms with E-state index in [9.17, 15) is 9.00 Å². The minimum Gasteiger partial charge on any atom is -0.321 e. The molecule has 22 heavy (non-hydrogen) atoms. The molecule has 0 spiro atoms. The molecule has 2 atom stereocenters. The maximum Gasteiger partial charge on any atom is 0.322 e. The van der Waals surface area contributed by atoms with Crippen LogP contribution in [-0.4, -0.2) is 33.4 Å². The molecule has 1 aromatic carbocycles. The van der Waals surface area contributed by atoms with Crippen molar-refractivity contribution in [3.8, 4) is 0 Å². The third-order valence-corrected chi connectivity index (χ3v) is 4.50. The molecular formula is C16H19N3O2S. The van der Waals surface area contributed by atoms with Crippen LogP contribution in [0.3, 0.4) is 0 Å². The molecule has 1 aromatic heterocycles.